The standard InChI is InChI=1S/C11H19NO2/c1-7(2)9-5-12(8-3-4-8)6-10(9)11(13)14/h7-10H,3-6H2,1-2H3,(H,13,14)/t9-,10+/m0/s1. The number of hydrogen-bond acceptors (Lipinski definition) is 2. The van der Waals surface area contributed by atoms with Crippen molar-refractivity contribution in [3.8, 4) is 0 Å². The molecule has 1 N–H and O–H groups in total. The minimum atomic E-state index is -0.605. The molecule has 1 heterocycles. The summed E-state index contributed by atoms with van der Waals surface area (Å²) in [6.07, 6.45) is 2.55. The maximum Gasteiger partial charge on any atom is 0.308 e. The number of carbonyl (C=O) groups is 1. The van der Waals surface area contributed by atoms with Crippen LogP contribution in [-0.4, -0.2) is 35.1 Å². The molecule has 0 radical (unpaired) electrons. The van der Waals surface area contributed by atoms with Gasteiger partial charge >= 0.3 is 5.97 Å². The van der Waals surface area contributed by atoms with Gasteiger partial charge in [0.05, 0.1) is 5.92 Å². The quantitative estimate of drug-likeness (QED) is 0.744. The molecule has 0 aromatic heterocycles. The normalized spacial score (nSPS) is 33.9. The van der Waals surface area contributed by atoms with Crippen LogP contribution < -0.4 is 0 Å². The summed E-state index contributed by atoms with van der Waals surface area (Å²) in [6, 6.07) is 0.709. The highest BCUT2D eigenvalue weighted by Gasteiger charge is 2.43. The lowest BCUT2D eigenvalue weighted by atomic mass is 9.86. The molecular weight excluding hydrogens is 178 g/mol. The largest absolute Gasteiger partial charge is 0.481 e. The third-order valence-corrected chi connectivity index (χ3v) is 3.63. The number of nitrogens with zero attached hydrogens (tertiary/aromatic N) is 1. The Morgan fingerprint density at radius 1 is 1.36 bits per heavy atom. The lowest BCUT2D eigenvalue weighted by Crippen LogP contribution is -2.25. The van der Waals surface area contributed by atoms with E-state index in [0.717, 1.165) is 13.1 Å². The molecule has 1 aliphatic heterocycles. The molecule has 0 aromatic carbocycles. The Bertz CT molecular complexity index is 235. The van der Waals surface area contributed by atoms with Crippen molar-refractivity contribution in [1.82, 2.24) is 4.90 Å². The van der Waals surface area contributed by atoms with Crippen LogP contribution in [0.5, 0.6) is 0 Å². The molecule has 2 fully saturated rings. The van der Waals surface area contributed by atoms with Crippen molar-refractivity contribution >= 4 is 5.97 Å². The van der Waals surface area contributed by atoms with E-state index in [2.05, 4.69) is 18.7 Å². The van der Waals surface area contributed by atoms with Crippen molar-refractivity contribution in [1.29, 1.82) is 0 Å². The van der Waals surface area contributed by atoms with Gasteiger partial charge in [0.15, 0.2) is 0 Å². The Hall–Kier alpha value is -0.570. The maximum atomic E-state index is 11.1. The van der Waals surface area contributed by atoms with Crippen molar-refractivity contribution in [3.05, 3.63) is 0 Å². The number of likely N-dealkylation sites (tertiary alicyclic amines) is 1. The minimum Gasteiger partial charge on any atom is -0.481 e. The molecule has 1 saturated carbocycles. The lowest BCUT2D eigenvalue weighted by molar-refractivity contribution is -0.143. The zero-order chi connectivity index (χ0) is 10.3. The monoisotopic (exact) mass is 197 g/mol. The maximum absolute atomic E-state index is 11.1. The molecule has 0 bridgehead atoms. The van der Waals surface area contributed by atoms with Gasteiger partial charge in [-0.1, -0.05) is 13.8 Å². The van der Waals surface area contributed by atoms with E-state index in [1.54, 1.807) is 0 Å². The number of carboxylic acids is 1. The molecule has 1 aliphatic carbocycles. The highest BCUT2D eigenvalue weighted by atomic mass is 16.4. The average Bonchev–Trinajstić information content (AvgIpc) is 2.83. The summed E-state index contributed by atoms with van der Waals surface area (Å²) in [5.74, 6) is 0.107. The summed E-state index contributed by atoms with van der Waals surface area (Å²) in [5.41, 5.74) is 0. The fraction of sp³-hybridized carbons (Fsp3) is 0.909. The Kier molecular flexibility index (Phi) is 2.52. The molecule has 2 rings (SSSR count). The van der Waals surface area contributed by atoms with Crippen LogP contribution >= 0.6 is 0 Å². The predicted octanol–water partition coefficient (Wildman–Crippen LogP) is 1.44. The molecule has 0 spiro atoms. The van der Waals surface area contributed by atoms with Crippen LogP contribution in [0.1, 0.15) is 26.7 Å². The number of carboxylic acid groups (broad SMARTS) is 1. The first-order valence-corrected chi connectivity index (χ1v) is 5.56. The number of hydrogen-bond donors (Lipinski definition) is 1. The first-order valence-electron chi connectivity index (χ1n) is 5.56. The van der Waals surface area contributed by atoms with Crippen LogP contribution in [0.25, 0.3) is 0 Å². The number of aliphatic carboxylic acids is 1. The van der Waals surface area contributed by atoms with Gasteiger partial charge in [-0.3, -0.25) is 9.69 Å². The molecule has 2 aliphatic rings. The molecule has 0 unspecified atom stereocenters. The first-order chi connectivity index (χ1) is 6.59. The van der Waals surface area contributed by atoms with Gasteiger partial charge in [-0.2, -0.15) is 0 Å². The third kappa shape index (κ3) is 1.78. The van der Waals surface area contributed by atoms with Crippen LogP contribution in [0.4, 0.5) is 0 Å². The fourth-order valence-corrected chi connectivity index (χ4v) is 2.54. The van der Waals surface area contributed by atoms with E-state index >= 15 is 0 Å². The molecular formula is C11H19NO2. The highest BCUT2D eigenvalue weighted by Crippen LogP contribution is 2.37. The second-order valence-corrected chi connectivity index (χ2v) is 5.04. The van der Waals surface area contributed by atoms with E-state index < -0.39 is 5.97 Å². The molecule has 3 heteroatoms. The first kappa shape index (κ1) is 9.97. The van der Waals surface area contributed by atoms with E-state index in [4.69, 9.17) is 5.11 Å². The van der Waals surface area contributed by atoms with Crippen molar-refractivity contribution in [2.45, 2.75) is 32.7 Å². The summed E-state index contributed by atoms with van der Waals surface area (Å²) in [4.78, 5) is 13.5. The predicted molar refractivity (Wildman–Crippen MR) is 54.0 cm³/mol. The SMILES string of the molecule is CC(C)[C@@H]1CN(C2CC2)C[C@H]1C(=O)O. The van der Waals surface area contributed by atoms with Crippen LogP contribution in [0.3, 0.4) is 0 Å². The smallest absolute Gasteiger partial charge is 0.308 e. The van der Waals surface area contributed by atoms with Crippen LogP contribution in [0, 0.1) is 17.8 Å². The summed E-state index contributed by atoms with van der Waals surface area (Å²) in [5, 5.41) is 9.13. The second-order valence-electron chi connectivity index (χ2n) is 5.04. The zero-order valence-electron chi connectivity index (χ0n) is 8.94. The summed E-state index contributed by atoms with van der Waals surface area (Å²) in [6.45, 7) is 6.05. The molecule has 2 atom stereocenters. The van der Waals surface area contributed by atoms with Gasteiger partial charge in [-0.15, -0.1) is 0 Å². The molecule has 0 amide bonds. The van der Waals surface area contributed by atoms with Crippen molar-refractivity contribution in [3.63, 3.8) is 0 Å². The Labute approximate surface area is 85.1 Å². The van der Waals surface area contributed by atoms with E-state index in [1.165, 1.54) is 12.8 Å². The Morgan fingerprint density at radius 3 is 2.36 bits per heavy atom. The van der Waals surface area contributed by atoms with Crippen LogP contribution in [0.15, 0.2) is 0 Å². The van der Waals surface area contributed by atoms with Gasteiger partial charge in [0.25, 0.3) is 0 Å². The van der Waals surface area contributed by atoms with Gasteiger partial charge < -0.3 is 5.11 Å². The van der Waals surface area contributed by atoms with E-state index in [1.807, 2.05) is 0 Å². The lowest BCUT2D eigenvalue weighted by Gasteiger charge is -2.18. The van der Waals surface area contributed by atoms with Crippen molar-refractivity contribution in [2.75, 3.05) is 13.1 Å². The molecule has 0 aromatic rings. The molecule has 1 saturated heterocycles. The van der Waals surface area contributed by atoms with Gasteiger partial charge in [-0.05, 0) is 24.7 Å². The van der Waals surface area contributed by atoms with Crippen LogP contribution in [-0.2, 0) is 4.79 Å². The molecule has 80 valence electrons. The van der Waals surface area contributed by atoms with Crippen molar-refractivity contribution in [2.24, 2.45) is 17.8 Å². The second kappa shape index (κ2) is 3.54. The average molecular weight is 197 g/mol. The van der Waals surface area contributed by atoms with E-state index in [-0.39, 0.29) is 5.92 Å². The van der Waals surface area contributed by atoms with Crippen LogP contribution in [0.2, 0.25) is 0 Å². The van der Waals surface area contributed by atoms with Crippen molar-refractivity contribution < 1.29 is 9.90 Å². The minimum absolute atomic E-state index is 0.129. The topological polar surface area (TPSA) is 40.5 Å². The van der Waals surface area contributed by atoms with E-state index in [0.29, 0.717) is 17.9 Å². The summed E-state index contributed by atoms with van der Waals surface area (Å²) in [7, 11) is 0. The zero-order valence-corrected chi connectivity index (χ0v) is 8.94. The fourth-order valence-electron chi connectivity index (χ4n) is 2.54. The Balaban J connectivity index is 2.03. The number of rotatable bonds is 3. The van der Waals surface area contributed by atoms with Gasteiger partial charge in [-0.25, -0.2) is 0 Å². The van der Waals surface area contributed by atoms with E-state index in [9.17, 15) is 4.79 Å². The molecule has 3 nitrogen and oxygen atoms in total. The third-order valence-electron chi connectivity index (χ3n) is 3.63. The summed E-state index contributed by atoms with van der Waals surface area (Å²) < 4.78 is 0. The Morgan fingerprint density at radius 2 is 2.00 bits per heavy atom. The van der Waals surface area contributed by atoms with Gasteiger partial charge in [0, 0.05) is 19.1 Å². The summed E-state index contributed by atoms with van der Waals surface area (Å²) >= 11 is 0. The van der Waals surface area contributed by atoms with Gasteiger partial charge in [0.1, 0.15) is 0 Å². The molecule has 14 heavy (non-hydrogen) atoms. The highest BCUT2D eigenvalue weighted by molar-refractivity contribution is 5.71. The van der Waals surface area contributed by atoms with Gasteiger partial charge in [0.2, 0.25) is 0 Å².